The van der Waals surface area contributed by atoms with Gasteiger partial charge in [0.15, 0.2) is 0 Å². The molecular formula is C13H26O3. The molecule has 0 aliphatic heterocycles. The highest BCUT2D eigenvalue weighted by Gasteiger charge is 2.09. The van der Waals surface area contributed by atoms with Crippen LogP contribution in [0.25, 0.3) is 0 Å². The third-order valence-electron chi connectivity index (χ3n) is 2.69. The van der Waals surface area contributed by atoms with Gasteiger partial charge in [0.1, 0.15) is 0 Å². The normalized spacial score (nSPS) is 14.7. The highest BCUT2D eigenvalue weighted by atomic mass is 16.5. The predicted octanol–water partition coefficient (Wildman–Crippen LogP) is 3.62. The quantitative estimate of drug-likeness (QED) is 0.583. The maximum absolute atomic E-state index is 10.4. The van der Waals surface area contributed by atoms with E-state index in [9.17, 15) is 4.79 Å². The number of carbonyl (C=O) groups is 1. The van der Waals surface area contributed by atoms with Crippen LogP contribution in [0, 0.1) is 0 Å². The number of rotatable bonds is 10. The summed E-state index contributed by atoms with van der Waals surface area (Å²) in [6, 6.07) is 0. The average Bonchev–Trinajstić information content (AvgIpc) is 2.21. The van der Waals surface area contributed by atoms with Crippen molar-refractivity contribution in [2.45, 2.75) is 77.9 Å². The van der Waals surface area contributed by atoms with Crippen molar-refractivity contribution in [1.29, 1.82) is 0 Å². The third-order valence-corrected chi connectivity index (χ3v) is 2.69. The van der Waals surface area contributed by atoms with Crippen molar-refractivity contribution < 1.29 is 14.6 Å². The Balaban J connectivity index is 3.46. The van der Waals surface area contributed by atoms with Gasteiger partial charge in [0, 0.05) is 6.42 Å². The SMILES string of the molecule is CCCCCCC(C)OC(C)CCC(=O)O. The van der Waals surface area contributed by atoms with Gasteiger partial charge in [-0.15, -0.1) is 0 Å². The second-order valence-electron chi connectivity index (χ2n) is 4.54. The van der Waals surface area contributed by atoms with Crippen molar-refractivity contribution in [2.24, 2.45) is 0 Å². The number of ether oxygens (including phenoxy) is 1. The fourth-order valence-corrected chi connectivity index (χ4v) is 1.72. The summed E-state index contributed by atoms with van der Waals surface area (Å²) >= 11 is 0. The number of aliphatic carboxylic acids is 1. The van der Waals surface area contributed by atoms with Crippen LogP contribution in [-0.4, -0.2) is 23.3 Å². The summed E-state index contributed by atoms with van der Waals surface area (Å²) < 4.78 is 5.72. The molecule has 0 radical (unpaired) electrons. The zero-order valence-corrected chi connectivity index (χ0v) is 10.9. The molecule has 0 saturated carbocycles. The standard InChI is InChI=1S/C13H26O3/c1-4-5-6-7-8-11(2)16-12(3)9-10-13(14)15/h11-12H,4-10H2,1-3H3,(H,14,15). The van der Waals surface area contributed by atoms with Crippen molar-refractivity contribution in [3.63, 3.8) is 0 Å². The van der Waals surface area contributed by atoms with Crippen LogP contribution in [0.3, 0.4) is 0 Å². The maximum Gasteiger partial charge on any atom is 0.303 e. The molecule has 0 aliphatic rings. The number of unbranched alkanes of at least 4 members (excludes halogenated alkanes) is 3. The molecule has 0 aliphatic carbocycles. The van der Waals surface area contributed by atoms with E-state index in [-0.39, 0.29) is 18.6 Å². The molecule has 0 aromatic heterocycles. The second kappa shape index (κ2) is 9.64. The number of carboxylic acid groups (broad SMARTS) is 1. The van der Waals surface area contributed by atoms with E-state index in [2.05, 4.69) is 13.8 Å². The molecule has 1 N–H and O–H groups in total. The first-order valence-electron chi connectivity index (χ1n) is 6.43. The lowest BCUT2D eigenvalue weighted by atomic mass is 10.1. The van der Waals surface area contributed by atoms with Gasteiger partial charge >= 0.3 is 5.97 Å². The molecule has 0 bridgehead atoms. The molecule has 0 heterocycles. The topological polar surface area (TPSA) is 46.5 Å². The molecule has 3 nitrogen and oxygen atoms in total. The van der Waals surface area contributed by atoms with Crippen LogP contribution in [0.2, 0.25) is 0 Å². The Kier molecular flexibility index (Phi) is 9.30. The van der Waals surface area contributed by atoms with E-state index in [0.717, 1.165) is 6.42 Å². The third kappa shape index (κ3) is 9.97. The summed E-state index contributed by atoms with van der Waals surface area (Å²) in [5, 5.41) is 8.54. The summed E-state index contributed by atoms with van der Waals surface area (Å²) in [6.45, 7) is 6.22. The fourth-order valence-electron chi connectivity index (χ4n) is 1.72. The van der Waals surface area contributed by atoms with E-state index < -0.39 is 5.97 Å². The first kappa shape index (κ1) is 15.4. The molecule has 96 valence electrons. The minimum atomic E-state index is -0.744. The molecule has 0 amide bonds. The van der Waals surface area contributed by atoms with Gasteiger partial charge in [-0.05, 0) is 26.7 Å². The summed E-state index contributed by atoms with van der Waals surface area (Å²) in [5.74, 6) is -0.744. The van der Waals surface area contributed by atoms with Gasteiger partial charge in [-0.3, -0.25) is 4.79 Å². The van der Waals surface area contributed by atoms with Gasteiger partial charge in [0.05, 0.1) is 12.2 Å². The van der Waals surface area contributed by atoms with Crippen LogP contribution in [0.5, 0.6) is 0 Å². The number of hydrogen-bond acceptors (Lipinski definition) is 2. The summed E-state index contributed by atoms with van der Waals surface area (Å²) in [7, 11) is 0. The van der Waals surface area contributed by atoms with E-state index in [4.69, 9.17) is 9.84 Å². The van der Waals surface area contributed by atoms with Crippen molar-refractivity contribution in [3.8, 4) is 0 Å². The Bertz CT molecular complexity index is 180. The number of hydrogen-bond donors (Lipinski definition) is 1. The van der Waals surface area contributed by atoms with E-state index in [1.165, 1.54) is 25.7 Å². The highest BCUT2D eigenvalue weighted by molar-refractivity contribution is 5.66. The van der Waals surface area contributed by atoms with Gasteiger partial charge in [-0.2, -0.15) is 0 Å². The molecule has 0 spiro atoms. The van der Waals surface area contributed by atoms with Crippen molar-refractivity contribution >= 4 is 5.97 Å². The van der Waals surface area contributed by atoms with Gasteiger partial charge in [-0.25, -0.2) is 0 Å². The van der Waals surface area contributed by atoms with Crippen LogP contribution >= 0.6 is 0 Å². The van der Waals surface area contributed by atoms with Crippen LogP contribution in [-0.2, 0) is 9.53 Å². The smallest absolute Gasteiger partial charge is 0.303 e. The van der Waals surface area contributed by atoms with Crippen LogP contribution in [0.1, 0.15) is 65.7 Å². The second-order valence-corrected chi connectivity index (χ2v) is 4.54. The Morgan fingerprint density at radius 3 is 2.31 bits per heavy atom. The largest absolute Gasteiger partial charge is 0.481 e. The Morgan fingerprint density at radius 2 is 1.75 bits per heavy atom. The molecule has 2 unspecified atom stereocenters. The van der Waals surface area contributed by atoms with E-state index >= 15 is 0 Å². The van der Waals surface area contributed by atoms with Gasteiger partial charge in [-0.1, -0.05) is 32.6 Å². The van der Waals surface area contributed by atoms with Gasteiger partial charge in [0.2, 0.25) is 0 Å². The Hall–Kier alpha value is -0.570. The van der Waals surface area contributed by atoms with E-state index in [1.54, 1.807) is 0 Å². The molecule has 16 heavy (non-hydrogen) atoms. The lowest BCUT2D eigenvalue weighted by Crippen LogP contribution is -2.18. The summed E-state index contributed by atoms with van der Waals surface area (Å²) in [4.78, 5) is 10.4. The molecular weight excluding hydrogens is 204 g/mol. The molecule has 0 rings (SSSR count). The average molecular weight is 230 g/mol. The first-order valence-corrected chi connectivity index (χ1v) is 6.43. The fraction of sp³-hybridized carbons (Fsp3) is 0.923. The molecule has 2 atom stereocenters. The maximum atomic E-state index is 10.4. The van der Waals surface area contributed by atoms with Crippen LogP contribution in [0.15, 0.2) is 0 Å². The number of carboxylic acids is 1. The van der Waals surface area contributed by atoms with Gasteiger partial charge in [0.25, 0.3) is 0 Å². The lowest BCUT2D eigenvalue weighted by Gasteiger charge is -2.18. The zero-order valence-electron chi connectivity index (χ0n) is 10.9. The van der Waals surface area contributed by atoms with Crippen molar-refractivity contribution in [2.75, 3.05) is 0 Å². The van der Waals surface area contributed by atoms with E-state index in [0.29, 0.717) is 6.42 Å². The molecule has 3 heteroatoms. The highest BCUT2D eigenvalue weighted by Crippen LogP contribution is 2.11. The van der Waals surface area contributed by atoms with Crippen molar-refractivity contribution in [1.82, 2.24) is 0 Å². The Labute approximate surface area is 99.2 Å². The van der Waals surface area contributed by atoms with Gasteiger partial charge < -0.3 is 9.84 Å². The first-order chi connectivity index (χ1) is 7.56. The summed E-state index contributed by atoms with van der Waals surface area (Å²) in [6.07, 6.45) is 7.22. The molecule has 0 aromatic rings. The van der Waals surface area contributed by atoms with Crippen molar-refractivity contribution in [3.05, 3.63) is 0 Å². The Morgan fingerprint density at radius 1 is 1.12 bits per heavy atom. The predicted molar refractivity (Wildman–Crippen MR) is 65.6 cm³/mol. The van der Waals surface area contributed by atoms with Crippen LogP contribution in [0.4, 0.5) is 0 Å². The molecule has 0 fully saturated rings. The monoisotopic (exact) mass is 230 g/mol. The minimum absolute atomic E-state index is 0.0530. The lowest BCUT2D eigenvalue weighted by molar-refractivity contribution is -0.138. The molecule has 0 aromatic carbocycles. The summed E-state index contributed by atoms with van der Waals surface area (Å²) in [5.41, 5.74) is 0. The zero-order chi connectivity index (χ0) is 12.4. The molecule has 0 saturated heterocycles. The van der Waals surface area contributed by atoms with E-state index in [1.807, 2.05) is 6.92 Å². The minimum Gasteiger partial charge on any atom is -0.481 e. The van der Waals surface area contributed by atoms with Crippen LogP contribution < -0.4 is 0 Å².